The number of hydrogen-bond donors (Lipinski definition) is 3. The summed E-state index contributed by atoms with van der Waals surface area (Å²) in [5.74, 6) is 0.745. The fraction of sp³-hybridized carbons (Fsp3) is 0.700. The first-order valence-electron chi connectivity index (χ1n) is 9.28. The average Bonchev–Trinajstić information content (AvgIpc) is 2.44. The third kappa shape index (κ3) is 6.80. The zero-order valence-corrected chi connectivity index (χ0v) is 17.0. The molecule has 24 heavy (non-hydrogen) atoms. The van der Waals surface area contributed by atoms with E-state index in [1.807, 2.05) is 32.9 Å². The first-order valence-corrected chi connectivity index (χ1v) is 11.6. The Bertz CT molecular complexity index is 510. The maximum absolute atomic E-state index is 10.7. The molecule has 0 aliphatic carbocycles. The molecule has 0 unspecified atom stereocenters. The van der Waals surface area contributed by atoms with Gasteiger partial charge in [0.25, 0.3) is 0 Å². The Morgan fingerprint density at radius 3 is 2.00 bits per heavy atom. The molecule has 1 aromatic carbocycles. The van der Waals surface area contributed by atoms with Gasteiger partial charge in [0, 0.05) is 0 Å². The van der Waals surface area contributed by atoms with Gasteiger partial charge in [-0.05, 0) is 0 Å². The fourth-order valence-corrected chi connectivity index (χ4v) is 5.46. The van der Waals surface area contributed by atoms with Crippen molar-refractivity contribution in [3.05, 3.63) is 29.8 Å². The average molecular weight is 356 g/mol. The van der Waals surface area contributed by atoms with E-state index < -0.39 is 7.28 Å². The predicted octanol–water partition coefficient (Wildman–Crippen LogP) is 4.88. The van der Waals surface area contributed by atoms with Crippen LogP contribution in [-0.2, 0) is 5.41 Å². The summed E-state index contributed by atoms with van der Waals surface area (Å²) in [5.41, 5.74) is 0.567. The van der Waals surface area contributed by atoms with Crippen LogP contribution in [-0.4, -0.2) is 20.8 Å². The maximum atomic E-state index is 10.7. The van der Waals surface area contributed by atoms with E-state index in [1.165, 1.54) is 19.3 Å². The van der Waals surface area contributed by atoms with E-state index in [0.29, 0.717) is 11.7 Å². The van der Waals surface area contributed by atoms with Crippen LogP contribution < -0.4 is 5.30 Å². The van der Waals surface area contributed by atoms with Crippen molar-refractivity contribution in [2.24, 2.45) is 5.92 Å². The van der Waals surface area contributed by atoms with Gasteiger partial charge in [0.2, 0.25) is 0 Å². The van der Waals surface area contributed by atoms with Crippen molar-refractivity contribution in [2.75, 3.05) is 6.16 Å². The van der Waals surface area contributed by atoms with Crippen molar-refractivity contribution in [3.63, 3.8) is 0 Å². The minimum atomic E-state index is -4.80. The summed E-state index contributed by atoms with van der Waals surface area (Å²) in [4.78, 5) is 32.1. The van der Waals surface area contributed by atoms with Crippen LogP contribution in [0.5, 0.6) is 0 Å². The summed E-state index contributed by atoms with van der Waals surface area (Å²) in [6.07, 6.45) is 6.36. The van der Waals surface area contributed by atoms with Gasteiger partial charge in [0.15, 0.2) is 0 Å². The van der Waals surface area contributed by atoms with E-state index >= 15 is 0 Å². The third-order valence-corrected chi connectivity index (χ3v) is 7.07. The molecule has 0 aromatic heterocycles. The van der Waals surface area contributed by atoms with Gasteiger partial charge in [-0.3, -0.25) is 0 Å². The van der Waals surface area contributed by atoms with Crippen LogP contribution in [0.2, 0.25) is 0 Å². The van der Waals surface area contributed by atoms with Gasteiger partial charge in [-0.25, -0.2) is 0 Å². The number of rotatable bonds is 9. The molecule has 0 atom stereocenters. The predicted molar refractivity (Wildman–Crippen MR) is 106 cm³/mol. The first-order chi connectivity index (χ1) is 10.9. The monoisotopic (exact) mass is 356 g/mol. The van der Waals surface area contributed by atoms with Crippen molar-refractivity contribution in [2.45, 2.75) is 78.6 Å². The fourth-order valence-electron chi connectivity index (χ4n) is 3.11. The van der Waals surface area contributed by atoms with E-state index in [9.17, 15) is 14.7 Å². The zero-order valence-electron chi connectivity index (χ0n) is 16.1. The molecule has 0 aliphatic rings. The van der Waals surface area contributed by atoms with Gasteiger partial charge in [0.05, 0.1) is 0 Å². The Labute approximate surface area is 148 Å². The van der Waals surface area contributed by atoms with Gasteiger partial charge in [-0.1, -0.05) is 0 Å². The van der Waals surface area contributed by atoms with E-state index in [-0.39, 0.29) is 11.6 Å². The second-order valence-electron chi connectivity index (χ2n) is 8.59. The molecule has 3 nitrogen and oxygen atoms in total. The van der Waals surface area contributed by atoms with E-state index in [4.69, 9.17) is 0 Å². The van der Waals surface area contributed by atoms with E-state index in [0.717, 1.165) is 24.3 Å². The standard InChI is InChI=1S/C20H37O3P/c1-17(2)13-9-7-6-8-12-16-24(21,22,23)19-15-11-10-14-18(19)20(3,4)5/h10-11,14-15,17,21-23H,6-9,12-13,16H2,1-5H3. The van der Waals surface area contributed by atoms with Crippen molar-refractivity contribution < 1.29 is 14.7 Å². The van der Waals surface area contributed by atoms with Crippen LogP contribution in [0, 0.1) is 5.92 Å². The molecule has 0 heterocycles. The van der Waals surface area contributed by atoms with Gasteiger partial charge in [0.1, 0.15) is 0 Å². The Morgan fingerprint density at radius 2 is 1.42 bits per heavy atom. The summed E-state index contributed by atoms with van der Waals surface area (Å²) in [6.45, 7) is 10.5. The summed E-state index contributed by atoms with van der Waals surface area (Å²) < 4.78 is 0. The molecular formula is C20H37O3P. The Balaban J connectivity index is 2.66. The molecule has 4 heteroatoms. The van der Waals surface area contributed by atoms with Crippen LogP contribution in [0.15, 0.2) is 24.3 Å². The Hall–Kier alpha value is -0.470. The van der Waals surface area contributed by atoms with Crippen molar-refractivity contribution in [1.82, 2.24) is 0 Å². The van der Waals surface area contributed by atoms with Gasteiger partial charge in [-0.15, -0.1) is 0 Å². The van der Waals surface area contributed by atoms with Crippen molar-refractivity contribution in [3.8, 4) is 0 Å². The Kier molecular flexibility index (Phi) is 7.44. The molecule has 0 bridgehead atoms. The van der Waals surface area contributed by atoms with Gasteiger partial charge < -0.3 is 0 Å². The summed E-state index contributed by atoms with van der Waals surface area (Å²) in [7, 11) is -4.80. The summed E-state index contributed by atoms with van der Waals surface area (Å²) in [6, 6.07) is 7.19. The number of unbranched alkanes of at least 4 members (excludes halogenated alkanes) is 4. The summed E-state index contributed by atoms with van der Waals surface area (Å²) >= 11 is 0. The minimum absolute atomic E-state index is 0.0584. The molecule has 0 saturated heterocycles. The molecular weight excluding hydrogens is 319 g/mol. The normalized spacial score (nSPS) is 14.6. The molecule has 0 radical (unpaired) electrons. The first kappa shape index (κ1) is 21.6. The number of benzene rings is 1. The van der Waals surface area contributed by atoms with E-state index in [1.54, 1.807) is 12.1 Å². The summed E-state index contributed by atoms with van der Waals surface area (Å²) in [5, 5.41) is 0.329. The van der Waals surface area contributed by atoms with Gasteiger partial charge >= 0.3 is 148 Å². The SMILES string of the molecule is CC(C)CCCCCCCP(O)(O)(O)c1ccccc1C(C)(C)C. The molecule has 0 amide bonds. The molecule has 0 fully saturated rings. The topological polar surface area (TPSA) is 60.7 Å². The molecule has 0 saturated carbocycles. The van der Waals surface area contributed by atoms with Crippen molar-refractivity contribution >= 4 is 12.6 Å². The van der Waals surface area contributed by atoms with E-state index in [2.05, 4.69) is 13.8 Å². The Morgan fingerprint density at radius 1 is 0.875 bits per heavy atom. The molecule has 1 rings (SSSR count). The quantitative estimate of drug-likeness (QED) is 0.436. The van der Waals surface area contributed by atoms with Crippen LogP contribution in [0.4, 0.5) is 0 Å². The van der Waals surface area contributed by atoms with Crippen LogP contribution >= 0.6 is 7.28 Å². The van der Waals surface area contributed by atoms with Crippen molar-refractivity contribution in [1.29, 1.82) is 0 Å². The van der Waals surface area contributed by atoms with Crippen LogP contribution in [0.3, 0.4) is 0 Å². The van der Waals surface area contributed by atoms with Crippen LogP contribution in [0.1, 0.15) is 78.7 Å². The van der Waals surface area contributed by atoms with Gasteiger partial charge in [-0.2, -0.15) is 0 Å². The molecule has 140 valence electrons. The number of hydrogen-bond acceptors (Lipinski definition) is 3. The zero-order chi connectivity index (χ0) is 18.5. The van der Waals surface area contributed by atoms with Crippen LogP contribution in [0.25, 0.3) is 0 Å². The third-order valence-electron chi connectivity index (χ3n) is 4.56. The molecule has 3 N–H and O–H groups in total. The molecule has 1 aromatic rings. The molecule has 0 spiro atoms. The second kappa shape index (κ2) is 8.27. The molecule has 0 aliphatic heterocycles. The second-order valence-corrected chi connectivity index (χ2v) is 11.8.